The highest BCUT2D eigenvalue weighted by Gasteiger charge is 2.46. The number of carbonyl (C=O) groups excluding carboxylic acids is 8. The van der Waals surface area contributed by atoms with Gasteiger partial charge in [0, 0.05) is 55.1 Å². The molecule has 8 amide bonds. The van der Waals surface area contributed by atoms with E-state index in [9.17, 15) is 33.6 Å². The van der Waals surface area contributed by atoms with Gasteiger partial charge in [-0.15, -0.1) is 5.10 Å². The third kappa shape index (κ3) is 11.5. The monoisotopic (exact) mass is 909 g/mol. The first kappa shape index (κ1) is 47.1. The number of hydrogen-bond donors (Lipinski definition) is 9. The van der Waals surface area contributed by atoms with E-state index in [1.165, 1.54) is 4.90 Å². The normalized spacial score (nSPS) is 27.2. The fourth-order valence-corrected chi connectivity index (χ4v) is 9.34. The molecule has 2 aliphatic carbocycles. The third-order valence-corrected chi connectivity index (χ3v) is 13.0. The number of para-hydroxylation sites is 1. The van der Waals surface area contributed by atoms with E-state index < -0.39 is 108 Å². The minimum Gasteiger partial charge on any atom is -0.370 e. The molecular formula is C45H59N13O8. The summed E-state index contributed by atoms with van der Waals surface area (Å²) >= 11 is 0. The van der Waals surface area contributed by atoms with Crippen LogP contribution in [0, 0.1) is 5.92 Å². The SMILES string of the molecule is NC(=O)C[C@@H]1NC(=O)[C@@H](N)CC(=O)NCCCC[C@@H](C(N)=O)NC(=O)[C@H](Cc2c[nH]c3ccccc23)NC(=O)[C@@H]2C[C@H](n3cc(C4C=CC=C4)nn3)CN2C(=O)[C@H](C2CCCCC2)NC1=O. The molecule has 352 valence electrons. The zero-order valence-corrected chi connectivity index (χ0v) is 36.7. The maximum absolute atomic E-state index is 15.2. The van der Waals surface area contributed by atoms with Gasteiger partial charge in [0.1, 0.15) is 30.2 Å². The van der Waals surface area contributed by atoms with Crippen LogP contribution in [0.15, 0.2) is 61.0 Å². The highest BCUT2D eigenvalue weighted by atomic mass is 16.2. The second-order valence-corrected chi connectivity index (χ2v) is 17.7. The number of carbonyl (C=O) groups is 8. The van der Waals surface area contributed by atoms with Gasteiger partial charge in [0.2, 0.25) is 47.3 Å². The number of nitrogens with two attached hydrogens (primary N) is 3. The Hall–Kier alpha value is -6.90. The molecule has 2 aromatic heterocycles. The summed E-state index contributed by atoms with van der Waals surface area (Å²) in [5.74, 6) is -6.52. The molecule has 2 aliphatic heterocycles. The molecule has 4 aliphatic rings. The van der Waals surface area contributed by atoms with Crippen LogP contribution < -0.4 is 43.8 Å². The standard InChI is InChI=1S/C45H59N13O8/c46-30-20-38(60)49-17-9-8-16-32(40(48)61)51-42(63)33(18-27-22-50-31-15-7-6-14-29(27)31)53-44(65)36-19-28(58-24-35(55-56-58)25-10-4-5-11-25)23-57(36)45(66)39(26-12-2-1-3-13-26)54-43(64)34(21-37(47)59)52-41(30)62/h4-7,10-11,14-15,22,24-26,28,30,32-34,36,39,50H,1-3,8-9,12-13,16-21,23,46H2,(H2,47,59)(H2,48,61)(H,49,60)(H,51,63)(H,52,62)(H,53,65)(H,54,64)/t28-,30-,32-,33-,34-,36-,39-/m0/s1. The van der Waals surface area contributed by atoms with Gasteiger partial charge in [-0.05, 0) is 49.7 Å². The number of aromatic nitrogens is 4. The fourth-order valence-electron chi connectivity index (χ4n) is 9.34. The first-order valence-corrected chi connectivity index (χ1v) is 22.7. The van der Waals surface area contributed by atoms with E-state index >= 15 is 4.79 Å². The van der Waals surface area contributed by atoms with Crippen LogP contribution >= 0.6 is 0 Å². The molecule has 0 spiro atoms. The molecule has 1 aromatic carbocycles. The molecule has 7 atom stereocenters. The number of amides is 8. The van der Waals surface area contributed by atoms with E-state index in [2.05, 4.69) is 41.9 Å². The second-order valence-electron chi connectivity index (χ2n) is 17.7. The zero-order valence-electron chi connectivity index (χ0n) is 36.7. The maximum Gasteiger partial charge on any atom is 0.246 e. The number of aromatic amines is 1. The second kappa shape index (κ2) is 21.4. The highest BCUT2D eigenvalue weighted by molar-refractivity contribution is 5.99. The average molecular weight is 910 g/mol. The Balaban J connectivity index is 1.26. The largest absolute Gasteiger partial charge is 0.370 e. The van der Waals surface area contributed by atoms with Crippen molar-refractivity contribution in [2.75, 3.05) is 13.1 Å². The van der Waals surface area contributed by atoms with Gasteiger partial charge in [0.25, 0.3) is 0 Å². The van der Waals surface area contributed by atoms with Gasteiger partial charge in [0.05, 0.1) is 30.6 Å². The number of hydrogen-bond acceptors (Lipinski definition) is 11. The van der Waals surface area contributed by atoms with E-state index in [1.54, 1.807) is 17.1 Å². The van der Waals surface area contributed by atoms with Crippen molar-refractivity contribution in [1.82, 2.24) is 51.5 Å². The Bertz CT molecular complexity index is 2360. The molecule has 0 bridgehead atoms. The number of rotatable bonds is 8. The predicted octanol–water partition coefficient (Wildman–Crippen LogP) is -0.749. The van der Waals surface area contributed by atoms with Crippen LogP contribution in [0.2, 0.25) is 0 Å². The molecule has 4 heterocycles. The summed E-state index contributed by atoms with van der Waals surface area (Å²) in [5.41, 5.74) is 19.6. The van der Waals surface area contributed by atoms with E-state index in [-0.39, 0.29) is 38.3 Å². The summed E-state index contributed by atoms with van der Waals surface area (Å²) in [4.78, 5) is 114. The zero-order chi connectivity index (χ0) is 46.9. The summed E-state index contributed by atoms with van der Waals surface area (Å²) < 4.78 is 1.61. The molecular weight excluding hydrogens is 851 g/mol. The van der Waals surface area contributed by atoms with Crippen molar-refractivity contribution in [2.24, 2.45) is 23.1 Å². The summed E-state index contributed by atoms with van der Waals surface area (Å²) in [6, 6.07) is -0.890. The summed E-state index contributed by atoms with van der Waals surface area (Å²) in [6.07, 6.45) is 14.5. The molecule has 0 radical (unpaired) electrons. The van der Waals surface area contributed by atoms with Gasteiger partial charge in [0.15, 0.2) is 0 Å². The van der Waals surface area contributed by atoms with Crippen molar-refractivity contribution >= 4 is 58.2 Å². The molecule has 66 heavy (non-hydrogen) atoms. The number of H-pyrrole nitrogens is 1. The Labute approximate surface area is 380 Å². The number of nitrogens with one attached hydrogen (secondary N) is 6. The van der Waals surface area contributed by atoms with E-state index in [0.29, 0.717) is 36.9 Å². The van der Waals surface area contributed by atoms with Gasteiger partial charge in [-0.1, -0.05) is 67.0 Å². The minimum absolute atomic E-state index is 0.00603. The van der Waals surface area contributed by atoms with Crippen molar-refractivity contribution in [1.29, 1.82) is 0 Å². The lowest BCUT2D eigenvalue weighted by Crippen LogP contribution is -2.61. The van der Waals surface area contributed by atoms with Gasteiger partial charge < -0.3 is 53.7 Å². The van der Waals surface area contributed by atoms with Gasteiger partial charge >= 0.3 is 0 Å². The lowest BCUT2D eigenvalue weighted by molar-refractivity contribution is -0.144. The lowest BCUT2D eigenvalue weighted by Gasteiger charge is -2.35. The number of allylic oxidation sites excluding steroid dienone is 4. The molecule has 21 heteroatoms. The Kier molecular flexibility index (Phi) is 15.3. The Morgan fingerprint density at radius 2 is 1.52 bits per heavy atom. The predicted molar refractivity (Wildman–Crippen MR) is 239 cm³/mol. The van der Waals surface area contributed by atoms with Crippen molar-refractivity contribution in [3.8, 4) is 0 Å². The summed E-state index contributed by atoms with van der Waals surface area (Å²) in [7, 11) is 0. The van der Waals surface area contributed by atoms with Gasteiger partial charge in [-0.2, -0.15) is 0 Å². The fraction of sp³-hybridized carbons (Fsp3) is 0.511. The van der Waals surface area contributed by atoms with Crippen molar-refractivity contribution in [3.63, 3.8) is 0 Å². The molecule has 3 aromatic rings. The number of benzene rings is 1. The number of primary amides is 2. The van der Waals surface area contributed by atoms with E-state index in [1.807, 2.05) is 48.6 Å². The lowest BCUT2D eigenvalue weighted by atomic mass is 9.83. The first-order chi connectivity index (χ1) is 31.7. The van der Waals surface area contributed by atoms with Crippen LogP contribution in [0.4, 0.5) is 0 Å². The molecule has 2 saturated heterocycles. The van der Waals surface area contributed by atoms with Crippen molar-refractivity contribution in [3.05, 3.63) is 72.2 Å². The molecule has 21 nitrogen and oxygen atoms in total. The number of nitrogens with zero attached hydrogens (tertiary/aromatic N) is 4. The van der Waals surface area contributed by atoms with E-state index in [0.717, 1.165) is 30.2 Å². The van der Waals surface area contributed by atoms with Crippen LogP contribution in [0.25, 0.3) is 10.9 Å². The summed E-state index contributed by atoms with van der Waals surface area (Å²) in [6.45, 7) is 0.106. The molecule has 12 N–H and O–H groups in total. The minimum atomic E-state index is -1.55. The van der Waals surface area contributed by atoms with Gasteiger partial charge in [-0.25, -0.2) is 4.68 Å². The smallest absolute Gasteiger partial charge is 0.246 e. The van der Waals surface area contributed by atoms with Crippen LogP contribution in [0.3, 0.4) is 0 Å². The number of fused-ring (bicyclic) bond motifs is 2. The first-order valence-electron chi connectivity index (χ1n) is 22.7. The quantitative estimate of drug-likeness (QED) is 0.135. The average Bonchev–Trinajstić information content (AvgIpc) is 4.14. The highest BCUT2D eigenvalue weighted by Crippen LogP contribution is 2.33. The van der Waals surface area contributed by atoms with Crippen LogP contribution in [-0.4, -0.2) is 121 Å². The maximum atomic E-state index is 15.2. The van der Waals surface area contributed by atoms with E-state index in [4.69, 9.17) is 17.2 Å². The van der Waals surface area contributed by atoms with Crippen LogP contribution in [-0.2, 0) is 44.8 Å². The molecule has 0 unspecified atom stereocenters. The van der Waals surface area contributed by atoms with Crippen molar-refractivity contribution < 1.29 is 38.4 Å². The van der Waals surface area contributed by atoms with Crippen LogP contribution in [0.1, 0.15) is 93.8 Å². The van der Waals surface area contributed by atoms with Crippen molar-refractivity contribution in [2.45, 2.75) is 125 Å². The molecule has 3 fully saturated rings. The summed E-state index contributed by atoms with van der Waals surface area (Å²) in [5, 5.41) is 23.2. The Morgan fingerprint density at radius 1 is 0.803 bits per heavy atom. The topological polar surface area (TPSA) is 325 Å². The Morgan fingerprint density at radius 3 is 2.26 bits per heavy atom. The molecule has 7 rings (SSSR count). The third-order valence-electron chi connectivity index (χ3n) is 13.0. The van der Waals surface area contributed by atoms with Crippen LogP contribution in [0.5, 0.6) is 0 Å². The molecule has 1 saturated carbocycles. The van der Waals surface area contributed by atoms with Gasteiger partial charge in [-0.3, -0.25) is 38.4 Å².